The highest BCUT2D eigenvalue weighted by Gasteiger charge is 2.27. The van der Waals surface area contributed by atoms with E-state index in [4.69, 9.17) is 4.74 Å². The molecular weight excluding hydrogens is 166 g/mol. The largest absolute Gasteiger partial charge is 0.379 e. The van der Waals surface area contributed by atoms with E-state index in [-0.39, 0.29) is 5.91 Å². The van der Waals surface area contributed by atoms with Crippen LogP contribution in [-0.2, 0) is 9.53 Å². The average Bonchev–Trinajstić information content (AvgIpc) is 2.56. The summed E-state index contributed by atoms with van der Waals surface area (Å²) in [4.78, 5) is 13.6. The second-order valence-electron chi connectivity index (χ2n) is 3.77. The van der Waals surface area contributed by atoms with Gasteiger partial charge in [0.25, 0.3) is 0 Å². The zero-order valence-corrected chi connectivity index (χ0v) is 8.75. The number of hydrogen-bond acceptors (Lipinski definition) is 2. The summed E-state index contributed by atoms with van der Waals surface area (Å²) in [6.07, 6.45) is 1.58. The summed E-state index contributed by atoms with van der Waals surface area (Å²) < 4.78 is 5.29. The lowest BCUT2D eigenvalue weighted by molar-refractivity contribution is -0.135. The third-order valence-electron chi connectivity index (χ3n) is 2.45. The van der Waals surface area contributed by atoms with Crippen LogP contribution in [0.4, 0.5) is 0 Å². The molecule has 1 aliphatic rings. The van der Waals surface area contributed by atoms with Gasteiger partial charge in [-0.05, 0) is 20.3 Å². The van der Waals surface area contributed by atoms with Crippen molar-refractivity contribution in [3.8, 4) is 0 Å². The summed E-state index contributed by atoms with van der Waals surface area (Å²) in [5.41, 5.74) is 0. The summed E-state index contributed by atoms with van der Waals surface area (Å²) in [5.74, 6) is 0.241. The fourth-order valence-corrected chi connectivity index (χ4v) is 1.84. The topological polar surface area (TPSA) is 29.5 Å². The van der Waals surface area contributed by atoms with Crippen molar-refractivity contribution in [2.45, 2.75) is 45.7 Å². The minimum Gasteiger partial charge on any atom is -0.379 e. The van der Waals surface area contributed by atoms with Gasteiger partial charge in [0.05, 0.1) is 12.6 Å². The Morgan fingerprint density at radius 1 is 1.62 bits per heavy atom. The molecular formula is C10H19NO2. The monoisotopic (exact) mass is 185 g/mol. The molecule has 0 radical (unpaired) electrons. The highest BCUT2D eigenvalue weighted by atomic mass is 16.5. The van der Waals surface area contributed by atoms with E-state index < -0.39 is 0 Å². The van der Waals surface area contributed by atoms with Crippen LogP contribution in [0.15, 0.2) is 0 Å². The molecule has 0 N–H and O–H groups in total. The second kappa shape index (κ2) is 4.61. The van der Waals surface area contributed by atoms with Gasteiger partial charge in [0, 0.05) is 19.1 Å². The number of hydrogen-bond donors (Lipinski definition) is 0. The highest BCUT2D eigenvalue weighted by molar-refractivity contribution is 5.76. The molecule has 1 rings (SSSR count). The fraction of sp³-hybridized carbons (Fsp3) is 0.900. The molecule has 3 heteroatoms. The molecule has 13 heavy (non-hydrogen) atoms. The molecule has 0 aromatic heterocycles. The van der Waals surface area contributed by atoms with Crippen molar-refractivity contribution in [1.82, 2.24) is 4.90 Å². The van der Waals surface area contributed by atoms with E-state index in [0.29, 0.717) is 25.1 Å². The van der Waals surface area contributed by atoms with E-state index in [1.807, 2.05) is 11.8 Å². The lowest BCUT2D eigenvalue weighted by atomic mass is 10.1. The minimum absolute atomic E-state index is 0.241. The molecule has 0 aliphatic carbocycles. The number of rotatable bonds is 3. The van der Waals surface area contributed by atoms with Crippen LogP contribution in [0.1, 0.15) is 33.6 Å². The number of carbonyl (C=O) groups excluding carboxylic acids is 1. The quantitative estimate of drug-likeness (QED) is 0.665. The van der Waals surface area contributed by atoms with Crippen LogP contribution in [0, 0.1) is 0 Å². The standard InChI is InChI=1S/C10H19NO2/c1-4-10(12)11(8(2)3)9-5-6-13-7-9/h8-9H,4-7H2,1-3H3. The van der Waals surface area contributed by atoms with E-state index >= 15 is 0 Å². The Labute approximate surface area is 80.1 Å². The molecule has 0 saturated carbocycles. The second-order valence-corrected chi connectivity index (χ2v) is 3.77. The molecule has 1 aliphatic heterocycles. The van der Waals surface area contributed by atoms with E-state index in [0.717, 1.165) is 13.0 Å². The molecule has 1 saturated heterocycles. The molecule has 0 spiro atoms. The van der Waals surface area contributed by atoms with Gasteiger partial charge < -0.3 is 9.64 Å². The molecule has 1 heterocycles. The molecule has 1 unspecified atom stereocenters. The molecule has 3 nitrogen and oxygen atoms in total. The normalized spacial score (nSPS) is 22.3. The van der Waals surface area contributed by atoms with Gasteiger partial charge in [-0.25, -0.2) is 0 Å². The maximum absolute atomic E-state index is 11.6. The highest BCUT2D eigenvalue weighted by Crippen LogP contribution is 2.16. The Bertz CT molecular complexity index is 174. The number of carbonyl (C=O) groups is 1. The Morgan fingerprint density at radius 3 is 2.69 bits per heavy atom. The lowest BCUT2D eigenvalue weighted by Crippen LogP contribution is -2.44. The molecule has 0 aromatic rings. The average molecular weight is 185 g/mol. The summed E-state index contributed by atoms with van der Waals surface area (Å²) in [6, 6.07) is 0.603. The van der Waals surface area contributed by atoms with Crippen molar-refractivity contribution in [1.29, 1.82) is 0 Å². The third kappa shape index (κ3) is 2.44. The Hall–Kier alpha value is -0.570. The van der Waals surface area contributed by atoms with Crippen LogP contribution >= 0.6 is 0 Å². The van der Waals surface area contributed by atoms with Crippen molar-refractivity contribution in [2.24, 2.45) is 0 Å². The van der Waals surface area contributed by atoms with Crippen LogP contribution in [-0.4, -0.2) is 36.1 Å². The van der Waals surface area contributed by atoms with Crippen LogP contribution in [0.5, 0.6) is 0 Å². The van der Waals surface area contributed by atoms with Crippen LogP contribution < -0.4 is 0 Å². The molecule has 76 valence electrons. The molecule has 0 aromatic carbocycles. The van der Waals surface area contributed by atoms with E-state index in [2.05, 4.69) is 13.8 Å². The van der Waals surface area contributed by atoms with Gasteiger partial charge >= 0.3 is 0 Å². The summed E-state index contributed by atoms with van der Waals surface area (Å²) >= 11 is 0. The van der Waals surface area contributed by atoms with Gasteiger partial charge in [-0.2, -0.15) is 0 Å². The first-order valence-electron chi connectivity index (χ1n) is 5.05. The first kappa shape index (κ1) is 10.5. The number of nitrogens with zero attached hydrogens (tertiary/aromatic N) is 1. The molecule has 1 amide bonds. The van der Waals surface area contributed by atoms with Gasteiger partial charge in [-0.3, -0.25) is 4.79 Å². The molecule has 1 fully saturated rings. The zero-order chi connectivity index (χ0) is 9.84. The maximum Gasteiger partial charge on any atom is 0.222 e. The van der Waals surface area contributed by atoms with Crippen molar-refractivity contribution in [3.63, 3.8) is 0 Å². The lowest BCUT2D eigenvalue weighted by Gasteiger charge is -2.31. The van der Waals surface area contributed by atoms with Crippen molar-refractivity contribution in [3.05, 3.63) is 0 Å². The third-order valence-corrected chi connectivity index (χ3v) is 2.45. The zero-order valence-electron chi connectivity index (χ0n) is 8.75. The maximum atomic E-state index is 11.6. The summed E-state index contributed by atoms with van der Waals surface area (Å²) in [5, 5.41) is 0. The van der Waals surface area contributed by atoms with Crippen LogP contribution in [0.3, 0.4) is 0 Å². The van der Waals surface area contributed by atoms with Gasteiger partial charge in [0.2, 0.25) is 5.91 Å². The summed E-state index contributed by atoms with van der Waals surface area (Å²) in [6.45, 7) is 7.54. The van der Waals surface area contributed by atoms with Crippen LogP contribution in [0.2, 0.25) is 0 Å². The first-order chi connectivity index (χ1) is 6.16. The summed E-state index contributed by atoms with van der Waals surface area (Å²) in [7, 11) is 0. The van der Waals surface area contributed by atoms with Gasteiger partial charge in [0.15, 0.2) is 0 Å². The minimum atomic E-state index is 0.241. The Kier molecular flexibility index (Phi) is 3.72. The first-order valence-corrected chi connectivity index (χ1v) is 5.05. The fourth-order valence-electron chi connectivity index (χ4n) is 1.84. The van der Waals surface area contributed by atoms with Crippen molar-refractivity contribution < 1.29 is 9.53 Å². The van der Waals surface area contributed by atoms with E-state index in [1.54, 1.807) is 0 Å². The van der Waals surface area contributed by atoms with Crippen molar-refractivity contribution >= 4 is 5.91 Å². The molecule has 0 bridgehead atoms. The number of amides is 1. The van der Waals surface area contributed by atoms with Gasteiger partial charge in [-0.15, -0.1) is 0 Å². The van der Waals surface area contributed by atoms with Gasteiger partial charge in [-0.1, -0.05) is 6.92 Å². The van der Waals surface area contributed by atoms with Gasteiger partial charge in [0.1, 0.15) is 0 Å². The smallest absolute Gasteiger partial charge is 0.222 e. The Balaban J connectivity index is 2.60. The van der Waals surface area contributed by atoms with Crippen molar-refractivity contribution in [2.75, 3.05) is 13.2 Å². The predicted octanol–water partition coefficient (Wildman–Crippen LogP) is 1.42. The van der Waals surface area contributed by atoms with E-state index in [1.165, 1.54) is 0 Å². The molecule has 1 atom stereocenters. The predicted molar refractivity (Wildman–Crippen MR) is 51.5 cm³/mol. The SMILES string of the molecule is CCC(=O)N(C(C)C)C1CCOC1. The van der Waals surface area contributed by atoms with E-state index in [9.17, 15) is 4.79 Å². The Morgan fingerprint density at radius 2 is 2.31 bits per heavy atom. The number of ether oxygens (including phenoxy) is 1. The van der Waals surface area contributed by atoms with Crippen LogP contribution in [0.25, 0.3) is 0 Å².